The average Bonchev–Trinajstić information content (AvgIpc) is 2.79. The Morgan fingerprint density at radius 2 is 1.93 bits per heavy atom. The highest BCUT2D eigenvalue weighted by atomic mass is 16.1. The number of aromatic nitrogens is 3. The molecule has 6 nitrogen and oxygen atoms in total. The van der Waals surface area contributed by atoms with Crippen molar-refractivity contribution in [2.45, 2.75) is 45.2 Å². The Balaban J connectivity index is 1.79. The standard InChI is InChI=1S/C24H27N5O/c1-2-3-4-8-17-28-22(30)12-11-19-18-26-24(27-23(19)28)29(20-9-6-5-7-10-20)21-13-15-25-16-14-21/h5-7,9-12,18,21,25H,2-3,13-17H2,1H3. The topological polar surface area (TPSA) is 63.1 Å². The third-order valence-corrected chi connectivity index (χ3v) is 5.37. The zero-order valence-electron chi connectivity index (χ0n) is 17.3. The Bertz CT molecular complexity index is 1110. The number of para-hydroxylation sites is 1. The third-order valence-electron chi connectivity index (χ3n) is 5.37. The fourth-order valence-electron chi connectivity index (χ4n) is 3.82. The maximum Gasteiger partial charge on any atom is 0.253 e. The van der Waals surface area contributed by atoms with Crippen molar-refractivity contribution in [2.75, 3.05) is 18.0 Å². The van der Waals surface area contributed by atoms with E-state index in [1.807, 2.05) is 24.4 Å². The normalized spacial score (nSPS) is 14.3. The number of benzene rings is 1. The number of pyridine rings is 1. The minimum absolute atomic E-state index is 0.0916. The predicted molar refractivity (Wildman–Crippen MR) is 121 cm³/mol. The third kappa shape index (κ3) is 4.37. The average molecular weight is 402 g/mol. The van der Waals surface area contributed by atoms with Crippen LogP contribution in [0.15, 0.2) is 53.5 Å². The van der Waals surface area contributed by atoms with Crippen molar-refractivity contribution in [1.82, 2.24) is 19.9 Å². The van der Waals surface area contributed by atoms with Crippen LogP contribution in [0, 0.1) is 11.8 Å². The Morgan fingerprint density at radius 1 is 1.13 bits per heavy atom. The Morgan fingerprint density at radius 3 is 2.70 bits per heavy atom. The predicted octanol–water partition coefficient (Wildman–Crippen LogP) is 3.49. The molecule has 30 heavy (non-hydrogen) atoms. The minimum atomic E-state index is -0.0916. The van der Waals surface area contributed by atoms with Gasteiger partial charge in [-0.05, 0) is 50.6 Å². The first-order valence-electron chi connectivity index (χ1n) is 10.6. The van der Waals surface area contributed by atoms with Gasteiger partial charge in [-0.25, -0.2) is 4.98 Å². The molecule has 0 bridgehead atoms. The second-order valence-corrected chi connectivity index (χ2v) is 7.50. The SMILES string of the molecule is CCCC#CCn1c(=O)ccc2cnc(N(c3ccccc3)C3CCNCC3)nc21. The molecule has 0 spiro atoms. The lowest BCUT2D eigenvalue weighted by Crippen LogP contribution is -2.41. The highest BCUT2D eigenvalue weighted by Crippen LogP contribution is 2.29. The fourth-order valence-corrected chi connectivity index (χ4v) is 3.82. The molecule has 1 aliphatic heterocycles. The zero-order chi connectivity index (χ0) is 20.8. The lowest BCUT2D eigenvalue weighted by Gasteiger charge is -2.34. The number of fused-ring (bicyclic) bond motifs is 1. The van der Waals surface area contributed by atoms with Gasteiger partial charge in [0.05, 0.1) is 6.54 Å². The van der Waals surface area contributed by atoms with Gasteiger partial charge in [-0.2, -0.15) is 4.98 Å². The van der Waals surface area contributed by atoms with Gasteiger partial charge in [-0.3, -0.25) is 9.36 Å². The summed E-state index contributed by atoms with van der Waals surface area (Å²) < 4.78 is 1.65. The molecule has 1 aromatic carbocycles. The van der Waals surface area contributed by atoms with E-state index < -0.39 is 0 Å². The lowest BCUT2D eigenvalue weighted by molar-refractivity contribution is 0.449. The van der Waals surface area contributed by atoms with E-state index in [2.05, 4.69) is 46.1 Å². The van der Waals surface area contributed by atoms with E-state index in [1.54, 1.807) is 16.7 Å². The molecule has 0 aliphatic carbocycles. The molecule has 3 heterocycles. The van der Waals surface area contributed by atoms with Crippen molar-refractivity contribution in [3.05, 3.63) is 59.0 Å². The van der Waals surface area contributed by atoms with Gasteiger partial charge in [0.25, 0.3) is 5.56 Å². The molecule has 0 amide bonds. The van der Waals surface area contributed by atoms with Crippen molar-refractivity contribution in [2.24, 2.45) is 0 Å². The van der Waals surface area contributed by atoms with Crippen LogP contribution in [-0.4, -0.2) is 33.7 Å². The highest BCUT2D eigenvalue weighted by molar-refractivity contribution is 5.76. The van der Waals surface area contributed by atoms with Gasteiger partial charge < -0.3 is 10.2 Å². The highest BCUT2D eigenvalue weighted by Gasteiger charge is 2.25. The quantitative estimate of drug-likeness (QED) is 0.663. The first-order chi connectivity index (χ1) is 14.8. The Hall–Kier alpha value is -3.17. The molecule has 0 unspecified atom stereocenters. The van der Waals surface area contributed by atoms with Gasteiger partial charge in [0, 0.05) is 35.8 Å². The molecular weight excluding hydrogens is 374 g/mol. The maximum atomic E-state index is 12.6. The minimum Gasteiger partial charge on any atom is -0.317 e. The summed E-state index contributed by atoms with van der Waals surface area (Å²) in [4.78, 5) is 24.3. The first-order valence-corrected chi connectivity index (χ1v) is 10.6. The summed E-state index contributed by atoms with van der Waals surface area (Å²) in [5.74, 6) is 6.86. The van der Waals surface area contributed by atoms with Crippen molar-refractivity contribution in [1.29, 1.82) is 0 Å². The summed E-state index contributed by atoms with van der Waals surface area (Å²) in [7, 11) is 0. The van der Waals surface area contributed by atoms with E-state index in [1.165, 1.54) is 0 Å². The number of rotatable bonds is 5. The van der Waals surface area contributed by atoms with Crippen molar-refractivity contribution >= 4 is 22.7 Å². The number of anilines is 2. The molecule has 1 N–H and O–H groups in total. The summed E-state index contributed by atoms with van der Waals surface area (Å²) in [6.07, 6.45) is 5.67. The molecule has 4 rings (SSSR count). The maximum absolute atomic E-state index is 12.6. The number of piperidine rings is 1. The lowest BCUT2D eigenvalue weighted by atomic mass is 10.0. The zero-order valence-corrected chi connectivity index (χ0v) is 17.3. The summed E-state index contributed by atoms with van der Waals surface area (Å²) in [5.41, 5.74) is 1.61. The van der Waals surface area contributed by atoms with Crippen LogP contribution in [0.4, 0.5) is 11.6 Å². The van der Waals surface area contributed by atoms with Crippen LogP contribution in [0.2, 0.25) is 0 Å². The van der Waals surface area contributed by atoms with E-state index in [-0.39, 0.29) is 5.56 Å². The van der Waals surface area contributed by atoms with Crippen LogP contribution in [0.5, 0.6) is 0 Å². The molecule has 1 saturated heterocycles. The van der Waals surface area contributed by atoms with Crippen LogP contribution in [0.1, 0.15) is 32.6 Å². The van der Waals surface area contributed by atoms with E-state index in [0.29, 0.717) is 24.2 Å². The molecule has 1 aliphatic rings. The molecular formula is C24H27N5O. The van der Waals surface area contributed by atoms with Gasteiger partial charge >= 0.3 is 0 Å². The molecule has 0 atom stereocenters. The summed E-state index contributed by atoms with van der Waals surface area (Å²) in [6, 6.07) is 13.9. The van der Waals surface area contributed by atoms with E-state index in [9.17, 15) is 4.79 Å². The van der Waals surface area contributed by atoms with Crippen LogP contribution in [-0.2, 0) is 6.54 Å². The van der Waals surface area contributed by atoms with Gasteiger partial charge in [0.1, 0.15) is 5.65 Å². The molecule has 6 heteroatoms. The molecule has 2 aromatic heterocycles. The first kappa shape index (κ1) is 20.1. The Kier molecular flexibility index (Phi) is 6.41. The van der Waals surface area contributed by atoms with Crippen LogP contribution >= 0.6 is 0 Å². The molecule has 3 aromatic rings. The molecule has 1 fully saturated rings. The number of nitrogens with one attached hydrogen (secondary N) is 1. The van der Waals surface area contributed by atoms with Crippen molar-refractivity contribution in [3.8, 4) is 11.8 Å². The molecule has 154 valence electrons. The number of unbranched alkanes of at least 4 members (excludes halogenated alkanes) is 1. The fraction of sp³-hybridized carbons (Fsp3) is 0.375. The summed E-state index contributed by atoms with van der Waals surface area (Å²) in [6.45, 7) is 4.38. The van der Waals surface area contributed by atoms with Gasteiger partial charge in [0.15, 0.2) is 0 Å². The van der Waals surface area contributed by atoms with Crippen LogP contribution < -0.4 is 15.8 Å². The van der Waals surface area contributed by atoms with Crippen molar-refractivity contribution in [3.63, 3.8) is 0 Å². The van der Waals surface area contributed by atoms with Crippen LogP contribution in [0.25, 0.3) is 11.0 Å². The largest absolute Gasteiger partial charge is 0.317 e. The van der Waals surface area contributed by atoms with Gasteiger partial charge in [-0.15, -0.1) is 5.92 Å². The van der Waals surface area contributed by atoms with E-state index in [4.69, 9.17) is 4.98 Å². The molecule has 0 radical (unpaired) electrons. The number of nitrogens with zero attached hydrogens (tertiary/aromatic N) is 4. The smallest absolute Gasteiger partial charge is 0.253 e. The monoisotopic (exact) mass is 401 g/mol. The van der Waals surface area contributed by atoms with Crippen molar-refractivity contribution < 1.29 is 0 Å². The second kappa shape index (κ2) is 9.55. The molecule has 0 saturated carbocycles. The Labute approximate surface area is 177 Å². The number of hydrogen-bond acceptors (Lipinski definition) is 5. The summed E-state index contributed by atoms with van der Waals surface area (Å²) in [5, 5.41) is 4.27. The van der Waals surface area contributed by atoms with E-state index >= 15 is 0 Å². The van der Waals surface area contributed by atoms with Gasteiger partial charge in [0.2, 0.25) is 5.95 Å². The summed E-state index contributed by atoms with van der Waals surface area (Å²) >= 11 is 0. The second-order valence-electron chi connectivity index (χ2n) is 7.50. The number of hydrogen-bond donors (Lipinski definition) is 1. The van der Waals surface area contributed by atoms with E-state index in [0.717, 1.165) is 49.8 Å². The van der Waals surface area contributed by atoms with Gasteiger partial charge in [-0.1, -0.05) is 31.0 Å². The van der Waals surface area contributed by atoms with Crippen LogP contribution in [0.3, 0.4) is 0 Å².